The number of sulfone groups is 1. The molecular weight excluding hydrogens is 486 g/mol. The van der Waals surface area contributed by atoms with Crippen molar-refractivity contribution in [3.63, 3.8) is 0 Å². The summed E-state index contributed by atoms with van der Waals surface area (Å²) in [5, 5.41) is 19.5. The highest BCUT2D eigenvalue weighted by Crippen LogP contribution is 2.28. The maximum absolute atomic E-state index is 13.1. The highest BCUT2D eigenvalue weighted by Gasteiger charge is 2.49. The Morgan fingerprint density at radius 3 is 2.33 bits per heavy atom. The fourth-order valence-corrected chi connectivity index (χ4v) is 5.21. The molecule has 3 atom stereocenters. The molecule has 0 saturated carbocycles. The molecule has 0 aliphatic carbocycles. The van der Waals surface area contributed by atoms with Gasteiger partial charge in [0.2, 0.25) is 20.6 Å². The number of benzene rings is 2. The molecule has 11 nitrogen and oxygen atoms in total. The Balaban J connectivity index is 1.62. The topological polar surface area (TPSA) is 198 Å². The summed E-state index contributed by atoms with van der Waals surface area (Å²) in [7, 11) is -4.52. The van der Waals surface area contributed by atoms with Gasteiger partial charge in [-0.2, -0.15) is 5.48 Å². The fraction of sp³-hybridized carbons (Fsp3) is 0.375. The average molecular weight is 518 g/mol. The van der Waals surface area contributed by atoms with Crippen LogP contribution in [-0.4, -0.2) is 48.8 Å². The second-order valence-electron chi connectivity index (χ2n) is 9.08. The number of hydrogen-bond donors (Lipinski definition) is 6. The monoisotopic (exact) mass is 517 g/mol. The number of nitrogens with two attached hydrogens (primary N) is 2. The van der Waals surface area contributed by atoms with Crippen LogP contribution in [0.3, 0.4) is 0 Å². The lowest BCUT2D eigenvalue weighted by molar-refractivity contribution is -0.140. The summed E-state index contributed by atoms with van der Waals surface area (Å²) in [5.41, 5.74) is 16.5. The van der Waals surface area contributed by atoms with E-state index in [4.69, 9.17) is 21.7 Å². The van der Waals surface area contributed by atoms with E-state index in [1.54, 1.807) is 36.4 Å². The Hall–Kier alpha value is -3.32. The van der Waals surface area contributed by atoms with E-state index < -0.39 is 39.2 Å². The van der Waals surface area contributed by atoms with Crippen LogP contribution in [0, 0.1) is 5.41 Å². The molecule has 3 rings (SSSR count). The van der Waals surface area contributed by atoms with Crippen LogP contribution in [0.5, 0.6) is 0 Å². The maximum atomic E-state index is 13.1. The van der Waals surface area contributed by atoms with Crippen LogP contribution in [0.2, 0.25) is 0 Å². The molecule has 8 N–H and O–H groups in total. The summed E-state index contributed by atoms with van der Waals surface area (Å²) in [4.78, 5) is 26.9. The van der Waals surface area contributed by atoms with Crippen LogP contribution in [0.4, 0.5) is 0 Å². The standard InChI is InChI=1S/C24H31N5O6S/c1-14(2)15-7-9-19(10-8-15)36(33,34)24(27,23(31)32)13-28-21(30)12-18-11-20(29-35-18)16-3-5-17(6-4-16)22(25)26/h3-10,14,18,20,29H,11-13,27H2,1-2H3,(H3,25,26)(H,28,30)(H,31,32)/t18-,20+,24+/m1/s1. The molecular formula is C24H31N5O6S. The Kier molecular flexibility index (Phi) is 8.14. The van der Waals surface area contributed by atoms with Crippen LogP contribution in [-0.2, 0) is 24.3 Å². The van der Waals surface area contributed by atoms with Gasteiger partial charge in [-0.15, -0.1) is 0 Å². The third kappa shape index (κ3) is 5.73. The summed E-state index contributed by atoms with van der Waals surface area (Å²) in [6, 6.07) is 12.7. The minimum atomic E-state index is -4.52. The summed E-state index contributed by atoms with van der Waals surface area (Å²) >= 11 is 0. The van der Waals surface area contributed by atoms with Crippen molar-refractivity contribution >= 4 is 27.5 Å². The van der Waals surface area contributed by atoms with Crippen LogP contribution < -0.4 is 22.3 Å². The first-order valence-corrected chi connectivity index (χ1v) is 12.8. The third-order valence-corrected chi connectivity index (χ3v) is 8.33. The fourth-order valence-electron chi connectivity index (χ4n) is 3.80. The van der Waals surface area contributed by atoms with E-state index in [9.17, 15) is 23.1 Å². The van der Waals surface area contributed by atoms with E-state index in [1.807, 2.05) is 13.8 Å². The molecule has 0 spiro atoms. The molecule has 0 aromatic heterocycles. The number of carbonyl (C=O) groups excluding carboxylic acids is 1. The summed E-state index contributed by atoms with van der Waals surface area (Å²) in [6.45, 7) is 3.07. The van der Waals surface area contributed by atoms with Gasteiger partial charge >= 0.3 is 5.97 Å². The number of aliphatic carboxylic acids is 1. The van der Waals surface area contributed by atoms with Crippen molar-refractivity contribution in [1.29, 1.82) is 5.41 Å². The highest BCUT2D eigenvalue weighted by molar-refractivity contribution is 7.93. The van der Waals surface area contributed by atoms with Crippen molar-refractivity contribution < 1.29 is 28.0 Å². The number of carbonyl (C=O) groups is 2. The number of nitrogen functional groups attached to an aromatic ring is 1. The van der Waals surface area contributed by atoms with Crippen molar-refractivity contribution in [3.05, 3.63) is 65.2 Å². The van der Waals surface area contributed by atoms with Crippen LogP contribution in [0.25, 0.3) is 0 Å². The number of hydrogen-bond acceptors (Lipinski definition) is 8. The molecule has 2 aromatic rings. The van der Waals surface area contributed by atoms with Gasteiger partial charge in [0.25, 0.3) is 0 Å². The molecule has 1 fully saturated rings. The number of nitrogens with one attached hydrogen (secondary N) is 3. The van der Waals surface area contributed by atoms with Gasteiger partial charge in [0, 0.05) is 5.56 Å². The highest BCUT2D eigenvalue weighted by atomic mass is 32.2. The lowest BCUT2D eigenvalue weighted by Gasteiger charge is -2.25. The Morgan fingerprint density at radius 1 is 1.19 bits per heavy atom. The Labute approximate surface area is 209 Å². The van der Waals surface area contributed by atoms with Crippen LogP contribution in [0.1, 0.15) is 55.3 Å². The Morgan fingerprint density at radius 2 is 1.81 bits per heavy atom. The number of hydroxylamine groups is 1. The second-order valence-corrected chi connectivity index (χ2v) is 11.3. The smallest absolute Gasteiger partial charge is 0.341 e. The molecule has 36 heavy (non-hydrogen) atoms. The number of carboxylic acids is 1. The molecule has 0 radical (unpaired) electrons. The van der Waals surface area contributed by atoms with Gasteiger partial charge in [-0.1, -0.05) is 50.2 Å². The van der Waals surface area contributed by atoms with Crippen molar-refractivity contribution in [3.8, 4) is 0 Å². The number of rotatable bonds is 10. The van der Waals surface area contributed by atoms with Gasteiger partial charge in [-0.3, -0.25) is 15.0 Å². The van der Waals surface area contributed by atoms with Crippen molar-refractivity contribution in [1.82, 2.24) is 10.8 Å². The molecule has 194 valence electrons. The predicted molar refractivity (Wildman–Crippen MR) is 133 cm³/mol. The largest absolute Gasteiger partial charge is 0.479 e. The van der Waals surface area contributed by atoms with E-state index in [1.165, 1.54) is 12.1 Å². The minimum absolute atomic E-state index is 0.0429. The van der Waals surface area contributed by atoms with Gasteiger partial charge in [0.1, 0.15) is 5.84 Å². The molecule has 2 aromatic carbocycles. The number of carboxylic acid groups (broad SMARTS) is 1. The quantitative estimate of drug-likeness (QED) is 0.198. The number of amides is 1. The van der Waals surface area contributed by atoms with Gasteiger partial charge in [-0.25, -0.2) is 13.2 Å². The van der Waals surface area contributed by atoms with Gasteiger partial charge in [0.15, 0.2) is 0 Å². The average Bonchev–Trinajstić information content (AvgIpc) is 3.30. The SMILES string of the molecule is CC(C)c1ccc(S(=O)(=O)[C@@](N)(CNC(=O)C[C@H]2C[C@@H](c3ccc(C(=N)N)cc3)NO2)C(=O)O)cc1. The molecule has 1 heterocycles. The second kappa shape index (κ2) is 10.7. The first-order chi connectivity index (χ1) is 16.8. The summed E-state index contributed by atoms with van der Waals surface area (Å²) in [6.07, 6.45) is -0.215. The van der Waals surface area contributed by atoms with Crippen molar-refractivity contribution in [2.75, 3.05) is 6.54 Å². The van der Waals surface area contributed by atoms with E-state index >= 15 is 0 Å². The van der Waals surface area contributed by atoms with Gasteiger partial charge in [-0.05, 0) is 35.6 Å². The molecule has 1 saturated heterocycles. The molecule has 12 heteroatoms. The minimum Gasteiger partial charge on any atom is -0.479 e. The third-order valence-electron chi connectivity index (χ3n) is 6.16. The van der Waals surface area contributed by atoms with Crippen LogP contribution >= 0.6 is 0 Å². The zero-order valence-corrected chi connectivity index (χ0v) is 20.8. The first kappa shape index (κ1) is 27.3. The molecule has 0 bridgehead atoms. The zero-order chi connectivity index (χ0) is 26.7. The van der Waals surface area contributed by atoms with E-state index in [2.05, 4.69) is 10.8 Å². The van der Waals surface area contributed by atoms with Crippen LogP contribution in [0.15, 0.2) is 53.4 Å². The molecule has 1 aliphatic heterocycles. The first-order valence-electron chi connectivity index (χ1n) is 11.3. The lowest BCUT2D eigenvalue weighted by atomic mass is 9.99. The predicted octanol–water partition coefficient (Wildman–Crippen LogP) is 1.15. The molecule has 1 amide bonds. The van der Waals surface area contributed by atoms with E-state index in [0.29, 0.717) is 12.0 Å². The van der Waals surface area contributed by atoms with E-state index in [0.717, 1.165) is 11.1 Å². The Bertz CT molecular complexity index is 1230. The van der Waals surface area contributed by atoms with Crippen molar-refractivity contribution in [2.45, 2.75) is 54.5 Å². The molecule has 1 aliphatic rings. The van der Waals surface area contributed by atoms with Gasteiger partial charge in [0.05, 0.1) is 30.0 Å². The van der Waals surface area contributed by atoms with Gasteiger partial charge < -0.3 is 21.9 Å². The number of amidine groups is 1. The summed E-state index contributed by atoms with van der Waals surface area (Å²) < 4.78 is 26.2. The summed E-state index contributed by atoms with van der Waals surface area (Å²) in [5.74, 6) is -2.26. The zero-order valence-electron chi connectivity index (χ0n) is 20.0. The van der Waals surface area contributed by atoms with E-state index in [-0.39, 0.29) is 29.1 Å². The normalized spacial score (nSPS) is 19.6. The maximum Gasteiger partial charge on any atom is 0.341 e. The molecule has 0 unspecified atom stereocenters. The van der Waals surface area contributed by atoms with Crippen molar-refractivity contribution in [2.24, 2.45) is 11.5 Å². The lowest BCUT2D eigenvalue weighted by Crippen LogP contribution is -2.61.